The smallest absolute Gasteiger partial charge is 0.0737 e. The highest BCUT2D eigenvalue weighted by molar-refractivity contribution is 4.70. The third-order valence-electron chi connectivity index (χ3n) is 1.76. The number of nitrogens with zero attached hydrogens (tertiary/aromatic N) is 1. The van der Waals surface area contributed by atoms with Crippen molar-refractivity contribution in [2.75, 3.05) is 6.54 Å². The molecule has 1 aliphatic heterocycles. The molecule has 1 aliphatic rings. The molecule has 0 aromatic rings. The Morgan fingerprint density at radius 1 is 1.40 bits per heavy atom. The van der Waals surface area contributed by atoms with Gasteiger partial charge in [0.1, 0.15) is 0 Å². The van der Waals surface area contributed by atoms with Crippen molar-refractivity contribution in [3.05, 3.63) is 0 Å². The van der Waals surface area contributed by atoms with Gasteiger partial charge < -0.3 is 0 Å². The fraction of sp³-hybridized carbons (Fsp3) is 1.00. The number of hydrogen-bond acceptors (Lipinski definition) is 1. The molecule has 1 radical (unpaired) electrons. The zero-order chi connectivity index (χ0) is 7.40. The van der Waals surface area contributed by atoms with Crippen molar-refractivity contribution in [1.29, 1.82) is 0 Å². The monoisotopic (exact) mass is 141 g/mol. The van der Waals surface area contributed by atoms with Gasteiger partial charge in [0.15, 0.2) is 0 Å². The van der Waals surface area contributed by atoms with E-state index in [0.717, 1.165) is 6.54 Å². The van der Waals surface area contributed by atoms with Gasteiger partial charge in [0, 0.05) is 12.6 Å². The van der Waals surface area contributed by atoms with E-state index in [1.165, 1.54) is 19.3 Å². The Balaban J connectivity index is 2.13. The van der Waals surface area contributed by atoms with Gasteiger partial charge in [0.05, 0.1) is 6.17 Å². The molecule has 0 amide bonds. The Kier molecular flexibility index (Phi) is 3.16. The van der Waals surface area contributed by atoms with Crippen LogP contribution in [0.5, 0.6) is 0 Å². The van der Waals surface area contributed by atoms with Crippen LogP contribution in [0.25, 0.3) is 0 Å². The summed E-state index contributed by atoms with van der Waals surface area (Å²) in [6.07, 6.45) is 4.32. The molecular weight excluding hydrogens is 124 g/mol. The van der Waals surface area contributed by atoms with Gasteiger partial charge in [0.2, 0.25) is 0 Å². The van der Waals surface area contributed by atoms with Crippen LogP contribution in [-0.4, -0.2) is 18.8 Å². The van der Waals surface area contributed by atoms with Crippen LogP contribution in [0.1, 0.15) is 33.1 Å². The summed E-state index contributed by atoms with van der Waals surface area (Å²) in [7, 11) is 0. The molecule has 0 saturated carbocycles. The predicted octanol–water partition coefficient (Wildman–Crippen LogP) is 1.10. The lowest BCUT2D eigenvalue weighted by atomic mass is 10.1. The van der Waals surface area contributed by atoms with E-state index in [2.05, 4.69) is 24.5 Å². The van der Waals surface area contributed by atoms with Gasteiger partial charge in [-0.05, 0) is 33.1 Å². The zero-order valence-corrected chi connectivity index (χ0v) is 6.93. The zero-order valence-electron chi connectivity index (χ0n) is 6.93. The molecule has 1 N–H and O–H groups in total. The van der Waals surface area contributed by atoms with Crippen LogP contribution in [0.2, 0.25) is 0 Å². The van der Waals surface area contributed by atoms with Gasteiger partial charge in [-0.25, -0.2) is 5.32 Å². The number of piperidine rings is 1. The molecule has 59 valence electrons. The van der Waals surface area contributed by atoms with Gasteiger partial charge in [-0.3, -0.25) is 5.32 Å². The van der Waals surface area contributed by atoms with Crippen molar-refractivity contribution in [3.63, 3.8) is 0 Å². The average molecular weight is 141 g/mol. The van der Waals surface area contributed by atoms with Gasteiger partial charge in [-0.15, -0.1) is 0 Å². The number of nitrogens with one attached hydrogen (secondary N) is 1. The second kappa shape index (κ2) is 3.94. The Hall–Kier alpha value is -0.0800. The minimum atomic E-state index is 0.453. The molecule has 2 nitrogen and oxygen atoms in total. The molecule has 0 aromatic carbocycles. The Labute approximate surface area is 63.4 Å². The van der Waals surface area contributed by atoms with E-state index >= 15 is 0 Å². The van der Waals surface area contributed by atoms with Crippen LogP contribution in [0.3, 0.4) is 0 Å². The molecule has 1 heterocycles. The fourth-order valence-corrected chi connectivity index (χ4v) is 1.31. The normalized spacial score (nSPS) is 27.3. The SMILES string of the molecule is CC(C)NC1CCCC[N]1. The van der Waals surface area contributed by atoms with Gasteiger partial charge in [-0.2, -0.15) is 0 Å². The summed E-state index contributed by atoms with van der Waals surface area (Å²) in [5.41, 5.74) is 0. The van der Waals surface area contributed by atoms with Crippen LogP contribution in [-0.2, 0) is 0 Å². The maximum absolute atomic E-state index is 4.46. The molecule has 1 fully saturated rings. The summed E-state index contributed by atoms with van der Waals surface area (Å²) in [5.74, 6) is 0. The molecule has 2 heteroatoms. The first-order chi connectivity index (χ1) is 4.79. The first-order valence-electron chi connectivity index (χ1n) is 4.21. The van der Waals surface area contributed by atoms with Crippen LogP contribution in [0.15, 0.2) is 0 Å². The summed E-state index contributed by atoms with van der Waals surface area (Å²) in [6, 6.07) is 0.576. The molecule has 1 saturated heterocycles. The molecule has 0 aliphatic carbocycles. The van der Waals surface area contributed by atoms with Crippen molar-refractivity contribution in [2.45, 2.75) is 45.3 Å². The minimum absolute atomic E-state index is 0.453. The van der Waals surface area contributed by atoms with Crippen molar-refractivity contribution in [1.82, 2.24) is 10.6 Å². The van der Waals surface area contributed by atoms with Crippen molar-refractivity contribution < 1.29 is 0 Å². The van der Waals surface area contributed by atoms with E-state index in [4.69, 9.17) is 0 Å². The lowest BCUT2D eigenvalue weighted by molar-refractivity contribution is 0.317. The number of hydrogen-bond donors (Lipinski definition) is 1. The summed E-state index contributed by atoms with van der Waals surface area (Å²) < 4.78 is 0. The second-order valence-corrected chi connectivity index (χ2v) is 3.24. The molecule has 1 unspecified atom stereocenters. The average Bonchev–Trinajstić information content (AvgIpc) is 1.88. The summed E-state index contributed by atoms with van der Waals surface area (Å²) in [6.45, 7) is 5.40. The van der Waals surface area contributed by atoms with Gasteiger partial charge >= 0.3 is 0 Å². The van der Waals surface area contributed by atoms with E-state index in [1.807, 2.05) is 0 Å². The summed E-state index contributed by atoms with van der Waals surface area (Å²) in [4.78, 5) is 0. The quantitative estimate of drug-likeness (QED) is 0.612. The Morgan fingerprint density at radius 3 is 2.70 bits per heavy atom. The van der Waals surface area contributed by atoms with E-state index in [9.17, 15) is 0 Å². The largest absolute Gasteiger partial charge is 0.298 e. The number of rotatable bonds is 2. The third-order valence-corrected chi connectivity index (χ3v) is 1.76. The molecule has 10 heavy (non-hydrogen) atoms. The minimum Gasteiger partial charge on any atom is -0.298 e. The molecule has 1 rings (SSSR count). The van der Waals surface area contributed by atoms with E-state index < -0.39 is 0 Å². The Bertz CT molecular complexity index is 85.3. The highest BCUT2D eigenvalue weighted by atomic mass is 15.1. The fourth-order valence-electron chi connectivity index (χ4n) is 1.31. The van der Waals surface area contributed by atoms with Crippen LogP contribution in [0, 0.1) is 0 Å². The first-order valence-corrected chi connectivity index (χ1v) is 4.21. The summed E-state index contributed by atoms with van der Waals surface area (Å²) >= 11 is 0. The third kappa shape index (κ3) is 2.67. The highest BCUT2D eigenvalue weighted by Gasteiger charge is 2.13. The van der Waals surface area contributed by atoms with Crippen molar-refractivity contribution >= 4 is 0 Å². The van der Waals surface area contributed by atoms with E-state index in [1.54, 1.807) is 0 Å². The lowest BCUT2D eigenvalue weighted by Gasteiger charge is -2.24. The topological polar surface area (TPSA) is 26.1 Å². The maximum Gasteiger partial charge on any atom is 0.0737 e. The molecule has 0 bridgehead atoms. The predicted molar refractivity (Wildman–Crippen MR) is 42.9 cm³/mol. The van der Waals surface area contributed by atoms with Crippen LogP contribution >= 0.6 is 0 Å². The highest BCUT2D eigenvalue weighted by Crippen LogP contribution is 2.06. The van der Waals surface area contributed by atoms with Crippen molar-refractivity contribution in [3.8, 4) is 0 Å². The van der Waals surface area contributed by atoms with E-state index in [0.29, 0.717) is 12.2 Å². The maximum atomic E-state index is 4.46. The Morgan fingerprint density at radius 2 is 2.20 bits per heavy atom. The van der Waals surface area contributed by atoms with Gasteiger partial charge in [-0.1, -0.05) is 0 Å². The lowest BCUT2D eigenvalue weighted by Crippen LogP contribution is -2.43. The van der Waals surface area contributed by atoms with Crippen LogP contribution < -0.4 is 10.6 Å². The second-order valence-electron chi connectivity index (χ2n) is 3.24. The molecule has 0 spiro atoms. The summed E-state index contributed by atoms with van der Waals surface area (Å²) in [5, 5.41) is 7.87. The molecule has 0 aromatic heterocycles. The van der Waals surface area contributed by atoms with Crippen LogP contribution in [0.4, 0.5) is 0 Å². The van der Waals surface area contributed by atoms with E-state index in [-0.39, 0.29) is 0 Å². The van der Waals surface area contributed by atoms with Gasteiger partial charge in [0.25, 0.3) is 0 Å². The van der Waals surface area contributed by atoms with Crippen molar-refractivity contribution in [2.24, 2.45) is 0 Å². The standard InChI is InChI=1S/C8H17N2/c1-7(2)10-8-5-3-4-6-9-8/h7-8,10H,3-6H2,1-2H3. The molecule has 1 atom stereocenters. The molecular formula is C8H17N2. The first kappa shape index (κ1) is 8.02.